The second kappa shape index (κ2) is 33.9. The third-order valence-corrected chi connectivity index (χ3v) is 9.12. The van der Waals surface area contributed by atoms with Gasteiger partial charge in [0, 0.05) is 19.3 Å². The fraction of sp³-hybridized carbons (Fsp3) is 0.833. The van der Waals surface area contributed by atoms with E-state index in [-0.39, 0.29) is 42.7 Å². The maximum atomic E-state index is 12.6. The molecule has 50 heavy (non-hydrogen) atoms. The molecule has 8 nitrogen and oxygen atoms in total. The minimum Gasteiger partial charge on any atom is -0.544 e. The SMILES string of the molecule is CCCC/C=C/C=C/CCCCCC(=O)OC(COCCC(C(=O)[O-])[N+](C)(C)C)COC(=O)CCCCCCCCCCCCCCCCC. The largest absolute Gasteiger partial charge is 0.544 e. The number of carboxylic acids is 1. The minimum atomic E-state index is -1.13. The van der Waals surface area contributed by atoms with Crippen LogP contribution in [0.5, 0.6) is 0 Å². The predicted octanol–water partition coefficient (Wildman–Crippen LogP) is 9.19. The highest BCUT2D eigenvalue weighted by atomic mass is 16.6. The summed E-state index contributed by atoms with van der Waals surface area (Å²) in [5, 5.41) is 11.6. The number of ether oxygens (including phenoxy) is 3. The van der Waals surface area contributed by atoms with Gasteiger partial charge in [0.25, 0.3) is 0 Å². The average Bonchev–Trinajstić information content (AvgIpc) is 3.06. The summed E-state index contributed by atoms with van der Waals surface area (Å²) in [5.74, 6) is -1.77. The molecule has 0 heterocycles. The van der Waals surface area contributed by atoms with Crippen LogP contribution in [0.4, 0.5) is 0 Å². The number of hydrogen-bond donors (Lipinski definition) is 0. The van der Waals surface area contributed by atoms with Gasteiger partial charge in [-0.2, -0.15) is 0 Å². The van der Waals surface area contributed by atoms with E-state index >= 15 is 0 Å². The van der Waals surface area contributed by atoms with Crippen molar-refractivity contribution in [2.45, 2.75) is 187 Å². The summed E-state index contributed by atoms with van der Waals surface area (Å²) in [6.07, 6.45) is 34.9. The lowest BCUT2D eigenvalue weighted by Crippen LogP contribution is -2.55. The third kappa shape index (κ3) is 31.8. The summed E-state index contributed by atoms with van der Waals surface area (Å²) < 4.78 is 17.1. The van der Waals surface area contributed by atoms with E-state index in [0.717, 1.165) is 51.4 Å². The van der Waals surface area contributed by atoms with Crippen LogP contribution in [0, 0.1) is 0 Å². The zero-order valence-corrected chi connectivity index (χ0v) is 33.1. The molecule has 0 saturated carbocycles. The molecule has 0 spiro atoms. The number of allylic oxidation sites excluding steroid dienone is 4. The molecule has 0 rings (SSSR count). The van der Waals surface area contributed by atoms with Crippen LogP contribution < -0.4 is 5.11 Å². The van der Waals surface area contributed by atoms with Gasteiger partial charge < -0.3 is 28.6 Å². The first-order chi connectivity index (χ1) is 24.1. The number of carbonyl (C=O) groups excluding carboxylic acids is 3. The number of esters is 2. The molecule has 0 aromatic carbocycles. The molecule has 0 bridgehead atoms. The van der Waals surface area contributed by atoms with E-state index in [0.29, 0.717) is 12.8 Å². The van der Waals surface area contributed by atoms with E-state index in [1.165, 1.54) is 89.9 Å². The standard InChI is InChI=1S/C42H77NO7/c1-6-8-10-12-14-16-18-19-20-21-23-24-26-28-30-32-40(44)49-37-38(36-48-35-34-39(42(46)47)43(3,4)5)50-41(45)33-31-29-27-25-22-17-15-13-11-9-7-2/h13,15,17,22,38-39H,6-12,14,16,18-21,23-37H2,1-5H3/b15-13+,22-17+. The topological polar surface area (TPSA) is 102 Å². The van der Waals surface area contributed by atoms with Gasteiger partial charge in [-0.05, 0) is 32.1 Å². The van der Waals surface area contributed by atoms with Crippen LogP contribution in [0.25, 0.3) is 0 Å². The second-order valence-corrected chi connectivity index (χ2v) is 14.9. The van der Waals surface area contributed by atoms with Crippen LogP contribution in [0.1, 0.15) is 174 Å². The number of carboxylic acid groups (broad SMARTS) is 1. The Morgan fingerprint density at radius 1 is 0.600 bits per heavy atom. The number of likely N-dealkylation sites (N-methyl/N-ethyl adjacent to an activating group) is 1. The predicted molar refractivity (Wildman–Crippen MR) is 204 cm³/mol. The van der Waals surface area contributed by atoms with E-state index in [1.54, 1.807) is 21.1 Å². The van der Waals surface area contributed by atoms with Crippen molar-refractivity contribution < 1.29 is 38.2 Å². The van der Waals surface area contributed by atoms with Gasteiger partial charge >= 0.3 is 11.9 Å². The Morgan fingerprint density at radius 2 is 1.06 bits per heavy atom. The normalized spacial score (nSPS) is 13.2. The van der Waals surface area contributed by atoms with Gasteiger partial charge in [0.15, 0.2) is 6.10 Å². The number of hydrogen-bond acceptors (Lipinski definition) is 7. The van der Waals surface area contributed by atoms with Crippen molar-refractivity contribution in [3.8, 4) is 0 Å². The van der Waals surface area contributed by atoms with Gasteiger partial charge in [-0.15, -0.1) is 0 Å². The zero-order valence-electron chi connectivity index (χ0n) is 33.1. The number of unbranched alkanes of at least 4 members (excludes halogenated alkanes) is 19. The molecule has 0 aliphatic rings. The van der Waals surface area contributed by atoms with E-state index in [2.05, 4.69) is 38.2 Å². The number of aliphatic carboxylic acids is 1. The first-order valence-corrected chi connectivity index (χ1v) is 20.4. The van der Waals surface area contributed by atoms with Crippen molar-refractivity contribution >= 4 is 17.9 Å². The van der Waals surface area contributed by atoms with Crippen LogP contribution >= 0.6 is 0 Å². The van der Waals surface area contributed by atoms with Crippen LogP contribution in [-0.2, 0) is 28.6 Å². The lowest BCUT2D eigenvalue weighted by molar-refractivity contribution is -0.889. The van der Waals surface area contributed by atoms with E-state index in [9.17, 15) is 19.5 Å². The molecule has 0 radical (unpaired) electrons. The van der Waals surface area contributed by atoms with Gasteiger partial charge in [-0.1, -0.05) is 147 Å². The lowest BCUT2D eigenvalue weighted by Gasteiger charge is -2.34. The van der Waals surface area contributed by atoms with Gasteiger partial charge in [0.2, 0.25) is 0 Å². The molecule has 2 atom stereocenters. The van der Waals surface area contributed by atoms with Crippen LogP contribution in [0.2, 0.25) is 0 Å². The van der Waals surface area contributed by atoms with Gasteiger partial charge in [-0.3, -0.25) is 9.59 Å². The first-order valence-electron chi connectivity index (χ1n) is 20.4. The Labute approximate surface area is 307 Å². The smallest absolute Gasteiger partial charge is 0.306 e. The van der Waals surface area contributed by atoms with Crippen LogP contribution in [0.3, 0.4) is 0 Å². The van der Waals surface area contributed by atoms with Gasteiger partial charge in [-0.25, -0.2) is 0 Å². The third-order valence-electron chi connectivity index (χ3n) is 9.12. The molecule has 0 fully saturated rings. The molecule has 0 aromatic rings. The Hall–Kier alpha value is -2.19. The van der Waals surface area contributed by atoms with Crippen LogP contribution in [0.15, 0.2) is 24.3 Å². The maximum absolute atomic E-state index is 12.6. The average molecular weight is 708 g/mol. The molecule has 2 unspecified atom stereocenters. The Bertz CT molecular complexity index is 880. The van der Waals surface area contributed by atoms with Gasteiger partial charge in [0.05, 0.1) is 40.3 Å². The van der Waals surface area contributed by atoms with Crippen molar-refractivity contribution in [1.29, 1.82) is 0 Å². The molecular formula is C42H77NO7. The maximum Gasteiger partial charge on any atom is 0.306 e. The molecule has 8 heteroatoms. The molecule has 0 saturated heterocycles. The summed E-state index contributed by atoms with van der Waals surface area (Å²) >= 11 is 0. The summed E-state index contributed by atoms with van der Waals surface area (Å²) in [5.41, 5.74) is 0. The Morgan fingerprint density at radius 3 is 1.56 bits per heavy atom. The number of quaternary nitrogens is 1. The molecule has 292 valence electrons. The monoisotopic (exact) mass is 708 g/mol. The number of rotatable bonds is 36. The minimum absolute atomic E-state index is 0.0332. The van der Waals surface area contributed by atoms with Crippen molar-refractivity contribution in [3.63, 3.8) is 0 Å². The number of carbonyl (C=O) groups is 3. The van der Waals surface area contributed by atoms with E-state index < -0.39 is 18.1 Å². The highest BCUT2D eigenvalue weighted by molar-refractivity contribution is 5.70. The van der Waals surface area contributed by atoms with Crippen molar-refractivity contribution in [2.75, 3.05) is 41.0 Å². The number of nitrogens with zero attached hydrogens (tertiary/aromatic N) is 1. The molecule has 0 aliphatic carbocycles. The molecule has 0 aromatic heterocycles. The highest BCUT2D eigenvalue weighted by Gasteiger charge is 2.25. The summed E-state index contributed by atoms with van der Waals surface area (Å²) in [7, 11) is 5.39. The Balaban J connectivity index is 4.38. The first kappa shape index (κ1) is 47.8. The highest BCUT2D eigenvalue weighted by Crippen LogP contribution is 2.15. The Kier molecular flexibility index (Phi) is 32.4. The molecule has 0 aliphatic heterocycles. The fourth-order valence-corrected chi connectivity index (χ4v) is 5.87. The zero-order chi connectivity index (χ0) is 37.1. The fourth-order valence-electron chi connectivity index (χ4n) is 5.87. The molecular weight excluding hydrogens is 630 g/mol. The summed E-state index contributed by atoms with van der Waals surface area (Å²) in [4.78, 5) is 36.7. The van der Waals surface area contributed by atoms with Crippen molar-refractivity contribution in [3.05, 3.63) is 24.3 Å². The van der Waals surface area contributed by atoms with E-state index in [1.807, 2.05) is 0 Å². The summed E-state index contributed by atoms with van der Waals surface area (Å²) in [6.45, 7) is 4.58. The molecule has 0 N–H and O–H groups in total. The van der Waals surface area contributed by atoms with Gasteiger partial charge in [0.1, 0.15) is 12.6 Å². The summed E-state index contributed by atoms with van der Waals surface area (Å²) in [6, 6.07) is -0.726. The van der Waals surface area contributed by atoms with Crippen LogP contribution in [-0.4, -0.2) is 75.5 Å². The van der Waals surface area contributed by atoms with E-state index in [4.69, 9.17) is 14.2 Å². The molecule has 0 amide bonds. The van der Waals surface area contributed by atoms with Crippen molar-refractivity contribution in [2.24, 2.45) is 0 Å². The van der Waals surface area contributed by atoms with Crippen molar-refractivity contribution in [1.82, 2.24) is 0 Å². The lowest BCUT2D eigenvalue weighted by atomic mass is 10.0. The quantitative estimate of drug-likeness (QED) is 0.0277. The second-order valence-electron chi connectivity index (χ2n) is 14.9.